The van der Waals surface area contributed by atoms with Crippen molar-refractivity contribution in [3.05, 3.63) is 29.8 Å². The number of rotatable bonds is 9. The maximum Gasteiger partial charge on any atom is 0.118 e. The van der Waals surface area contributed by atoms with E-state index in [4.69, 9.17) is 0 Å². The number of unbranched alkanes of at least 4 members (excludes halogenated alkanes) is 5. The lowest BCUT2D eigenvalue weighted by Crippen LogP contribution is -1.88. The Balaban J connectivity index is 1.98. The Morgan fingerprint density at radius 3 is 2.17 bits per heavy atom. The summed E-state index contributed by atoms with van der Waals surface area (Å²) in [4.78, 5) is 0. The number of benzene rings is 1. The van der Waals surface area contributed by atoms with Crippen molar-refractivity contribution in [3.63, 3.8) is 0 Å². The van der Waals surface area contributed by atoms with Crippen LogP contribution in [0.15, 0.2) is 24.3 Å². The van der Waals surface area contributed by atoms with Crippen LogP contribution in [0.4, 0.5) is 0 Å². The first kappa shape index (κ1) is 16.0. The molecule has 0 atom stereocenters. The molecule has 0 fully saturated rings. The van der Waals surface area contributed by atoms with E-state index >= 15 is 0 Å². The zero-order valence-electron chi connectivity index (χ0n) is 10.7. The number of alkyl halides is 2. The van der Waals surface area contributed by atoms with Crippen LogP contribution in [0.3, 0.4) is 0 Å². The van der Waals surface area contributed by atoms with Crippen LogP contribution in [0.2, 0.25) is 0 Å². The second-order valence-electron chi connectivity index (χ2n) is 4.68. The first-order valence-corrected chi connectivity index (χ1v) is 8.58. The second kappa shape index (κ2) is 9.85. The molecule has 1 nitrogen and oxygen atoms in total. The van der Waals surface area contributed by atoms with Crippen LogP contribution in [0.5, 0.6) is 5.75 Å². The van der Waals surface area contributed by atoms with Gasteiger partial charge in [0.25, 0.3) is 0 Å². The van der Waals surface area contributed by atoms with E-state index in [1.807, 2.05) is 18.2 Å². The lowest BCUT2D eigenvalue weighted by Gasteiger charge is -2.05. The van der Waals surface area contributed by atoms with Crippen LogP contribution in [-0.4, -0.2) is 8.84 Å². The van der Waals surface area contributed by atoms with Crippen molar-refractivity contribution in [2.45, 2.75) is 55.1 Å². The maximum atomic E-state index is 9.63. The van der Waals surface area contributed by atoms with Crippen LogP contribution in [0.1, 0.15) is 50.5 Å². The van der Waals surface area contributed by atoms with Crippen molar-refractivity contribution in [1.29, 1.82) is 0 Å². The molecule has 1 aromatic carbocycles. The van der Waals surface area contributed by atoms with Gasteiger partial charge in [-0.2, -0.15) is 0 Å². The molecule has 0 amide bonds. The highest BCUT2D eigenvalue weighted by atomic mass is 79.9. The summed E-state index contributed by atoms with van der Waals surface area (Å²) in [6.07, 6.45) is 9.90. The molecule has 0 aliphatic rings. The van der Waals surface area contributed by atoms with Crippen molar-refractivity contribution >= 4 is 31.9 Å². The number of phenolic OH excluding ortho intramolecular Hbond substituents is 1. The monoisotopic (exact) mass is 376 g/mol. The molecule has 1 rings (SSSR count). The Kier molecular flexibility index (Phi) is 8.78. The summed E-state index contributed by atoms with van der Waals surface area (Å²) in [7, 11) is 0. The fraction of sp³-hybridized carbons (Fsp3) is 0.600. The topological polar surface area (TPSA) is 20.2 Å². The van der Waals surface area contributed by atoms with Gasteiger partial charge in [0.2, 0.25) is 0 Å². The third-order valence-electron chi connectivity index (χ3n) is 3.11. The summed E-state index contributed by atoms with van der Waals surface area (Å²) >= 11 is 6.99. The van der Waals surface area contributed by atoms with E-state index < -0.39 is 0 Å². The van der Waals surface area contributed by atoms with E-state index in [0.717, 1.165) is 12.0 Å². The molecule has 102 valence electrons. The summed E-state index contributed by atoms with van der Waals surface area (Å²) in [5.74, 6) is 0.443. The van der Waals surface area contributed by atoms with E-state index in [0.29, 0.717) is 9.49 Å². The Hall–Kier alpha value is -0.0200. The summed E-state index contributed by atoms with van der Waals surface area (Å²) in [6.45, 7) is 0. The summed E-state index contributed by atoms with van der Waals surface area (Å²) in [6, 6.07) is 7.65. The first-order chi connectivity index (χ1) is 8.70. The van der Waals surface area contributed by atoms with Gasteiger partial charge in [0, 0.05) is 0 Å². The Bertz CT molecular complexity index is 326. The summed E-state index contributed by atoms with van der Waals surface area (Å²) in [5, 5.41) is 9.63. The molecule has 0 aromatic heterocycles. The van der Waals surface area contributed by atoms with Crippen LogP contribution in [0.25, 0.3) is 0 Å². The predicted molar refractivity (Wildman–Crippen MR) is 85.8 cm³/mol. The number of para-hydroxylation sites is 1. The van der Waals surface area contributed by atoms with Crippen molar-refractivity contribution < 1.29 is 5.11 Å². The third-order valence-corrected chi connectivity index (χ3v) is 4.03. The standard InChI is InChI=1S/C15H22Br2O/c16-15(17)12-6-4-2-1-3-5-9-13-10-7-8-11-14(13)18/h7-8,10-11,15,18H,1-6,9,12H2. The minimum absolute atomic E-state index is 0.443. The number of aromatic hydroxyl groups is 1. The molecule has 0 bridgehead atoms. The van der Waals surface area contributed by atoms with E-state index in [2.05, 4.69) is 31.9 Å². The quantitative estimate of drug-likeness (QED) is 0.427. The van der Waals surface area contributed by atoms with Crippen molar-refractivity contribution in [2.75, 3.05) is 0 Å². The molecule has 18 heavy (non-hydrogen) atoms. The molecule has 0 saturated heterocycles. The molecule has 0 aliphatic heterocycles. The first-order valence-electron chi connectivity index (χ1n) is 6.75. The number of halogens is 2. The van der Waals surface area contributed by atoms with E-state index in [-0.39, 0.29) is 0 Å². The van der Waals surface area contributed by atoms with Crippen LogP contribution in [-0.2, 0) is 6.42 Å². The summed E-state index contributed by atoms with van der Waals surface area (Å²) in [5.41, 5.74) is 1.08. The molecular weight excluding hydrogens is 356 g/mol. The molecule has 0 unspecified atom stereocenters. The minimum Gasteiger partial charge on any atom is -0.508 e. The van der Waals surface area contributed by atoms with Gasteiger partial charge < -0.3 is 5.11 Å². The summed E-state index contributed by atoms with van der Waals surface area (Å²) < 4.78 is 0.478. The van der Waals surface area contributed by atoms with E-state index in [9.17, 15) is 5.11 Å². The highest BCUT2D eigenvalue weighted by Gasteiger charge is 2.00. The molecule has 0 aliphatic carbocycles. The SMILES string of the molecule is Oc1ccccc1CCCCCCCCC(Br)Br. The molecule has 0 saturated carbocycles. The predicted octanol–water partition coefficient (Wildman–Crippen LogP) is 5.78. The molecule has 0 heterocycles. The van der Waals surface area contributed by atoms with Gasteiger partial charge in [-0.1, -0.05) is 82.2 Å². The Morgan fingerprint density at radius 2 is 1.50 bits per heavy atom. The van der Waals surface area contributed by atoms with E-state index in [1.165, 1.54) is 44.9 Å². The molecule has 0 radical (unpaired) electrons. The lowest BCUT2D eigenvalue weighted by molar-refractivity contribution is 0.466. The third kappa shape index (κ3) is 7.42. The van der Waals surface area contributed by atoms with Gasteiger partial charge in [-0.15, -0.1) is 0 Å². The second-order valence-corrected chi connectivity index (χ2v) is 8.12. The van der Waals surface area contributed by atoms with Crippen molar-refractivity contribution in [3.8, 4) is 5.75 Å². The van der Waals surface area contributed by atoms with Gasteiger partial charge in [0.1, 0.15) is 5.75 Å². The zero-order chi connectivity index (χ0) is 13.2. The van der Waals surface area contributed by atoms with Gasteiger partial charge in [-0.05, 0) is 30.9 Å². The van der Waals surface area contributed by atoms with Crippen molar-refractivity contribution in [2.24, 2.45) is 0 Å². The van der Waals surface area contributed by atoms with Crippen LogP contribution in [0, 0.1) is 0 Å². The normalized spacial score (nSPS) is 11.1. The van der Waals surface area contributed by atoms with Gasteiger partial charge in [0.05, 0.1) is 3.74 Å². The molecule has 3 heteroatoms. The van der Waals surface area contributed by atoms with Crippen molar-refractivity contribution in [1.82, 2.24) is 0 Å². The minimum atomic E-state index is 0.443. The molecular formula is C15H22Br2O. The Morgan fingerprint density at radius 1 is 0.889 bits per heavy atom. The molecule has 1 N–H and O–H groups in total. The lowest BCUT2D eigenvalue weighted by atomic mass is 10.0. The Labute approximate surface area is 127 Å². The smallest absolute Gasteiger partial charge is 0.118 e. The average Bonchev–Trinajstić information content (AvgIpc) is 2.34. The highest BCUT2D eigenvalue weighted by Crippen LogP contribution is 2.20. The molecule has 1 aromatic rings. The average molecular weight is 378 g/mol. The maximum absolute atomic E-state index is 9.63. The van der Waals surface area contributed by atoms with Gasteiger partial charge in [-0.3, -0.25) is 0 Å². The molecule has 0 spiro atoms. The highest BCUT2D eigenvalue weighted by molar-refractivity contribution is 9.24. The van der Waals surface area contributed by atoms with E-state index in [1.54, 1.807) is 6.07 Å². The van der Waals surface area contributed by atoms with Gasteiger partial charge in [-0.25, -0.2) is 0 Å². The van der Waals surface area contributed by atoms with Crippen LogP contribution >= 0.6 is 31.9 Å². The number of aryl methyl sites for hydroxylation is 1. The largest absolute Gasteiger partial charge is 0.508 e. The zero-order valence-corrected chi connectivity index (χ0v) is 13.9. The number of phenols is 1. The number of hydrogen-bond acceptors (Lipinski definition) is 1. The van der Waals surface area contributed by atoms with Gasteiger partial charge >= 0.3 is 0 Å². The number of hydrogen-bond donors (Lipinski definition) is 1. The fourth-order valence-electron chi connectivity index (χ4n) is 2.04. The van der Waals surface area contributed by atoms with Gasteiger partial charge in [0.15, 0.2) is 0 Å². The van der Waals surface area contributed by atoms with Crippen LogP contribution < -0.4 is 0 Å². The fourth-order valence-corrected chi connectivity index (χ4v) is 2.69.